The molecule has 0 spiro atoms. The third kappa shape index (κ3) is 3.41. The fraction of sp³-hybridized carbons (Fsp3) is 0.500. The summed E-state index contributed by atoms with van der Waals surface area (Å²) in [6.07, 6.45) is 4.17. The van der Waals surface area contributed by atoms with Gasteiger partial charge < -0.3 is 4.57 Å². The predicted molar refractivity (Wildman–Crippen MR) is 96.1 cm³/mol. The van der Waals surface area contributed by atoms with Crippen molar-refractivity contribution < 1.29 is 8.42 Å². The summed E-state index contributed by atoms with van der Waals surface area (Å²) >= 11 is 5.49. The van der Waals surface area contributed by atoms with Crippen LogP contribution in [0.3, 0.4) is 0 Å². The Kier molecular flexibility index (Phi) is 4.48. The molecule has 4 rings (SSSR count). The summed E-state index contributed by atoms with van der Waals surface area (Å²) in [5, 5.41) is 4.39. The quantitative estimate of drug-likeness (QED) is 0.740. The molecule has 2 aliphatic rings. The highest BCUT2D eigenvalue weighted by Crippen LogP contribution is 2.34. The summed E-state index contributed by atoms with van der Waals surface area (Å²) < 4.78 is 31.5. The largest absolute Gasteiger partial charge is 0.303 e. The molecule has 1 saturated heterocycles. The van der Waals surface area contributed by atoms with E-state index in [1.807, 2.05) is 17.1 Å². The Balaban J connectivity index is 1.39. The molecule has 2 aromatic rings. The van der Waals surface area contributed by atoms with Crippen molar-refractivity contribution in [1.82, 2.24) is 23.6 Å². The summed E-state index contributed by atoms with van der Waals surface area (Å²) in [7, 11) is -3.41. The van der Waals surface area contributed by atoms with Gasteiger partial charge in [-0.15, -0.1) is 0 Å². The van der Waals surface area contributed by atoms with E-state index in [-0.39, 0.29) is 0 Å². The van der Waals surface area contributed by atoms with Gasteiger partial charge in [-0.3, -0.25) is 4.90 Å². The van der Waals surface area contributed by atoms with Crippen LogP contribution >= 0.6 is 12.2 Å². The topological polar surface area (TPSA) is 63.4 Å². The van der Waals surface area contributed by atoms with E-state index in [0.717, 1.165) is 4.77 Å². The normalized spacial score (nSPS) is 20.0. The van der Waals surface area contributed by atoms with Gasteiger partial charge in [-0.1, -0.05) is 18.2 Å². The molecule has 0 unspecified atom stereocenters. The maximum Gasteiger partial charge on any atom is 0.243 e. The fourth-order valence-electron chi connectivity index (χ4n) is 3.09. The Bertz CT molecular complexity index is 894. The Morgan fingerprint density at radius 1 is 1.08 bits per heavy atom. The van der Waals surface area contributed by atoms with Crippen molar-refractivity contribution in [3.63, 3.8) is 0 Å². The lowest BCUT2D eigenvalue weighted by atomic mass is 10.4. The van der Waals surface area contributed by atoms with Gasteiger partial charge >= 0.3 is 0 Å². The second-order valence-corrected chi connectivity index (χ2v) is 8.83. The zero-order chi connectivity index (χ0) is 17.4. The summed E-state index contributed by atoms with van der Waals surface area (Å²) in [6, 6.07) is 9.13. The lowest BCUT2D eigenvalue weighted by Gasteiger charge is -2.33. The van der Waals surface area contributed by atoms with E-state index in [1.54, 1.807) is 28.6 Å². The molecule has 1 saturated carbocycles. The number of hydrogen-bond donors (Lipinski definition) is 0. The third-order valence-corrected chi connectivity index (χ3v) is 7.08. The van der Waals surface area contributed by atoms with Crippen LogP contribution in [0.15, 0.2) is 41.6 Å². The van der Waals surface area contributed by atoms with Gasteiger partial charge in [-0.25, -0.2) is 13.1 Å². The zero-order valence-electron chi connectivity index (χ0n) is 13.9. The Morgan fingerprint density at radius 2 is 1.76 bits per heavy atom. The Morgan fingerprint density at radius 3 is 2.40 bits per heavy atom. The van der Waals surface area contributed by atoms with E-state index >= 15 is 0 Å². The average Bonchev–Trinajstić information content (AvgIpc) is 3.41. The number of piperazine rings is 1. The number of hydrogen-bond acceptors (Lipinski definition) is 5. The molecule has 1 aromatic heterocycles. The fourth-order valence-corrected chi connectivity index (χ4v) is 4.84. The molecular weight excluding hydrogens is 358 g/mol. The van der Waals surface area contributed by atoms with Crippen molar-refractivity contribution in [3.05, 3.63) is 41.4 Å². The van der Waals surface area contributed by atoms with Crippen LogP contribution in [0.1, 0.15) is 18.9 Å². The Labute approximate surface area is 152 Å². The van der Waals surface area contributed by atoms with Crippen LogP contribution in [-0.2, 0) is 16.7 Å². The average molecular weight is 380 g/mol. The zero-order valence-corrected chi connectivity index (χ0v) is 15.5. The highest BCUT2D eigenvalue weighted by atomic mass is 32.2. The smallest absolute Gasteiger partial charge is 0.243 e. The number of rotatable bonds is 5. The molecule has 0 atom stereocenters. The van der Waals surface area contributed by atoms with E-state index in [0.29, 0.717) is 43.8 Å². The first-order chi connectivity index (χ1) is 12.1. The highest BCUT2D eigenvalue weighted by Gasteiger charge is 2.29. The minimum absolute atomic E-state index is 0.355. The second-order valence-electron chi connectivity index (χ2n) is 6.53. The first-order valence-electron chi connectivity index (χ1n) is 8.47. The van der Waals surface area contributed by atoms with E-state index in [1.165, 1.54) is 12.8 Å². The predicted octanol–water partition coefficient (Wildman–Crippen LogP) is 1.71. The molecule has 0 bridgehead atoms. The third-order valence-electron chi connectivity index (χ3n) is 4.74. The minimum Gasteiger partial charge on any atom is -0.303 e. The monoisotopic (exact) mass is 379 g/mol. The van der Waals surface area contributed by atoms with Crippen molar-refractivity contribution in [2.75, 3.05) is 26.2 Å². The molecule has 9 heteroatoms. The van der Waals surface area contributed by atoms with Crippen LogP contribution in [0.5, 0.6) is 0 Å². The van der Waals surface area contributed by atoms with E-state index in [4.69, 9.17) is 12.2 Å². The van der Waals surface area contributed by atoms with Gasteiger partial charge in [0, 0.05) is 32.2 Å². The van der Waals surface area contributed by atoms with Gasteiger partial charge in [0.05, 0.1) is 11.6 Å². The number of nitrogens with zero attached hydrogens (tertiary/aromatic N) is 5. The van der Waals surface area contributed by atoms with Gasteiger partial charge in [0.25, 0.3) is 0 Å². The molecule has 0 amide bonds. The van der Waals surface area contributed by atoms with Crippen molar-refractivity contribution >= 4 is 22.2 Å². The van der Waals surface area contributed by atoms with Crippen molar-refractivity contribution in [1.29, 1.82) is 0 Å². The van der Waals surface area contributed by atoms with Crippen LogP contribution in [0, 0.1) is 4.77 Å². The van der Waals surface area contributed by atoms with Crippen LogP contribution < -0.4 is 0 Å². The molecule has 0 N–H and O–H groups in total. The summed E-state index contributed by atoms with van der Waals surface area (Å²) in [5.41, 5.74) is 0. The first-order valence-corrected chi connectivity index (χ1v) is 10.3. The van der Waals surface area contributed by atoms with Gasteiger partial charge in [0.1, 0.15) is 6.33 Å². The number of aromatic nitrogens is 3. The molecule has 1 aliphatic carbocycles. The van der Waals surface area contributed by atoms with Crippen LogP contribution in [0.4, 0.5) is 0 Å². The Hall–Kier alpha value is -1.55. The summed E-state index contributed by atoms with van der Waals surface area (Å²) in [6.45, 7) is 2.91. The van der Waals surface area contributed by atoms with Crippen molar-refractivity contribution in [2.45, 2.75) is 30.4 Å². The molecule has 0 radical (unpaired) electrons. The lowest BCUT2D eigenvalue weighted by molar-refractivity contribution is 0.144. The molecule has 2 heterocycles. The summed E-state index contributed by atoms with van der Waals surface area (Å²) in [4.78, 5) is 2.55. The van der Waals surface area contributed by atoms with E-state index in [9.17, 15) is 8.42 Å². The maximum atomic E-state index is 12.7. The molecule has 2 fully saturated rings. The maximum absolute atomic E-state index is 12.7. The summed E-state index contributed by atoms with van der Waals surface area (Å²) in [5.74, 6) is 0. The lowest BCUT2D eigenvalue weighted by Crippen LogP contribution is -2.48. The van der Waals surface area contributed by atoms with Crippen LogP contribution in [-0.4, -0.2) is 58.1 Å². The van der Waals surface area contributed by atoms with Crippen LogP contribution in [0.25, 0.3) is 0 Å². The standard InChI is InChI=1S/C16H21N5O2S2/c22-25(23,15-4-2-1-3-5-15)19-10-8-18(9-11-19)13-21-16(24)20(12-17-21)14-6-7-14/h1-5,12,14H,6-11,13H2. The highest BCUT2D eigenvalue weighted by molar-refractivity contribution is 7.89. The van der Waals surface area contributed by atoms with Crippen molar-refractivity contribution in [3.8, 4) is 0 Å². The van der Waals surface area contributed by atoms with Gasteiger partial charge in [0.2, 0.25) is 10.0 Å². The molecule has 7 nitrogen and oxygen atoms in total. The number of benzene rings is 1. The SMILES string of the molecule is O=S(=O)(c1ccccc1)N1CCN(Cn2ncn(C3CC3)c2=S)CC1. The number of sulfonamides is 1. The molecule has 25 heavy (non-hydrogen) atoms. The molecule has 134 valence electrons. The molecule has 1 aliphatic heterocycles. The van der Waals surface area contributed by atoms with Crippen molar-refractivity contribution in [2.24, 2.45) is 0 Å². The second kappa shape index (κ2) is 6.64. The van der Waals surface area contributed by atoms with Gasteiger partial charge in [0.15, 0.2) is 4.77 Å². The van der Waals surface area contributed by atoms with Gasteiger partial charge in [-0.05, 0) is 37.2 Å². The van der Waals surface area contributed by atoms with E-state index < -0.39 is 10.0 Å². The van der Waals surface area contributed by atoms with Gasteiger partial charge in [-0.2, -0.15) is 9.40 Å². The minimum atomic E-state index is -3.41. The molecule has 1 aromatic carbocycles. The molecular formula is C16H21N5O2S2. The first kappa shape index (κ1) is 16.9. The van der Waals surface area contributed by atoms with Crippen LogP contribution in [0.2, 0.25) is 0 Å². The van der Waals surface area contributed by atoms with E-state index in [2.05, 4.69) is 14.6 Å².